The summed E-state index contributed by atoms with van der Waals surface area (Å²) in [5, 5.41) is 8.98. The van der Waals surface area contributed by atoms with Crippen molar-refractivity contribution in [1.82, 2.24) is 4.90 Å². The van der Waals surface area contributed by atoms with Crippen molar-refractivity contribution in [3.05, 3.63) is 35.4 Å². The topological polar surface area (TPSA) is 57.6 Å². The predicted octanol–water partition coefficient (Wildman–Crippen LogP) is 2.81. The molecular weight excluding hydrogens is 266 g/mol. The highest BCUT2D eigenvalue weighted by molar-refractivity contribution is 5.78. The van der Waals surface area contributed by atoms with E-state index < -0.39 is 5.97 Å². The molecule has 1 aromatic rings. The summed E-state index contributed by atoms with van der Waals surface area (Å²) in [6.45, 7) is 5.27. The van der Waals surface area contributed by atoms with Gasteiger partial charge in [-0.05, 0) is 36.8 Å². The third-order valence-electron chi connectivity index (χ3n) is 4.40. The molecule has 0 bridgehead atoms. The van der Waals surface area contributed by atoms with Crippen molar-refractivity contribution in [2.24, 2.45) is 5.92 Å². The minimum atomic E-state index is -0.740. The monoisotopic (exact) mass is 289 g/mol. The molecule has 1 heterocycles. The van der Waals surface area contributed by atoms with Gasteiger partial charge in [0.2, 0.25) is 5.91 Å². The van der Waals surface area contributed by atoms with Crippen LogP contribution in [0, 0.1) is 12.8 Å². The standard InChI is InChI=1S/C17H23NO3/c1-12-5-3-4-6-15(12)13(2)11-16(19)18-9-7-14(8-10-18)17(20)21/h3-6,13-14H,7-11H2,1-2H3,(H,20,21). The summed E-state index contributed by atoms with van der Waals surface area (Å²) in [4.78, 5) is 25.1. The van der Waals surface area contributed by atoms with Crippen LogP contribution in [0.4, 0.5) is 0 Å². The van der Waals surface area contributed by atoms with Crippen LogP contribution in [0.1, 0.15) is 43.2 Å². The van der Waals surface area contributed by atoms with Gasteiger partial charge in [0.05, 0.1) is 5.92 Å². The first kappa shape index (κ1) is 15.5. The lowest BCUT2D eigenvalue weighted by molar-refractivity contribution is -0.145. The number of hydrogen-bond donors (Lipinski definition) is 1. The molecule has 1 saturated heterocycles. The minimum absolute atomic E-state index is 0.134. The zero-order valence-corrected chi connectivity index (χ0v) is 12.7. The second-order valence-corrected chi connectivity index (χ2v) is 5.96. The van der Waals surface area contributed by atoms with Crippen LogP contribution in [0.5, 0.6) is 0 Å². The van der Waals surface area contributed by atoms with Crippen molar-refractivity contribution >= 4 is 11.9 Å². The van der Waals surface area contributed by atoms with Crippen LogP contribution < -0.4 is 0 Å². The van der Waals surface area contributed by atoms with Crippen molar-refractivity contribution in [3.63, 3.8) is 0 Å². The van der Waals surface area contributed by atoms with Crippen LogP contribution in [0.25, 0.3) is 0 Å². The molecule has 0 saturated carbocycles. The van der Waals surface area contributed by atoms with Gasteiger partial charge in [0, 0.05) is 19.5 Å². The molecule has 1 amide bonds. The van der Waals surface area contributed by atoms with Crippen LogP contribution >= 0.6 is 0 Å². The number of amides is 1. The Balaban J connectivity index is 1.90. The van der Waals surface area contributed by atoms with Crippen molar-refractivity contribution in [2.45, 2.75) is 39.0 Å². The van der Waals surface area contributed by atoms with E-state index in [1.54, 1.807) is 0 Å². The molecule has 1 aliphatic rings. The van der Waals surface area contributed by atoms with Gasteiger partial charge in [-0.15, -0.1) is 0 Å². The van der Waals surface area contributed by atoms with Gasteiger partial charge in [0.25, 0.3) is 0 Å². The average Bonchev–Trinajstić information content (AvgIpc) is 2.47. The van der Waals surface area contributed by atoms with Gasteiger partial charge in [0.1, 0.15) is 0 Å². The third-order valence-corrected chi connectivity index (χ3v) is 4.40. The third kappa shape index (κ3) is 3.84. The first-order valence-electron chi connectivity index (χ1n) is 7.55. The van der Waals surface area contributed by atoms with E-state index in [9.17, 15) is 9.59 Å². The maximum atomic E-state index is 12.3. The van der Waals surface area contributed by atoms with Gasteiger partial charge in [-0.1, -0.05) is 31.2 Å². The quantitative estimate of drug-likeness (QED) is 0.927. The van der Waals surface area contributed by atoms with Crippen molar-refractivity contribution in [3.8, 4) is 0 Å². The number of hydrogen-bond acceptors (Lipinski definition) is 2. The molecule has 0 radical (unpaired) electrons. The van der Waals surface area contributed by atoms with Gasteiger partial charge in [-0.2, -0.15) is 0 Å². The molecule has 114 valence electrons. The summed E-state index contributed by atoms with van der Waals surface area (Å²) in [6.07, 6.45) is 1.63. The fourth-order valence-electron chi connectivity index (χ4n) is 3.02. The molecule has 21 heavy (non-hydrogen) atoms. The molecule has 4 nitrogen and oxygen atoms in total. The number of carbonyl (C=O) groups is 2. The highest BCUT2D eigenvalue weighted by Crippen LogP contribution is 2.25. The Labute approximate surface area is 125 Å². The summed E-state index contributed by atoms with van der Waals surface area (Å²) >= 11 is 0. The van der Waals surface area contributed by atoms with E-state index in [0.29, 0.717) is 32.4 Å². The number of carbonyl (C=O) groups excluding carboxylic acids is 1. The number of aryl methyl sites for hydroxylation is 1. The van der Waals surface area contributed by atoms with Gasteiger partial charge < -0.3 is 10.0 Å². The fourth-order valence-corrected chi connectivity index (χ4v) is 3.02. The predicted molar refractivity (Wildman–Crippen MR) is 81.2 cm³/mol. The number of aliphatic carboxylic acids is 1. The molecule has 1 aromatic carbocycles. The van der Waals surface area contributed by atoms with Crippen LogP contribution in [-0.4, -0.2) is 35.0 Å². The highest BCUT2D eigenvalue weighted by Gasteiger charge is 2.27. The first-order chi connectivity index (χ1) is 9.99. The van der Waals surface area contributed by atoms with Crippen LogP contribution in [0.2, 0.25) is 0 Å². The Morgan fingerprint density at radius 1 is 1.29 bits per heavy atom. The SMILES string of the molecule is Cc1ccccc1C(C)CC(=O)N1CCC(C(=O)O)CC1. The number of rotatable bonds is 4. The summed E-state index contributed by atoms with van der Waals surface area (Å²) < 4.78 is 0. The first-order valence-corrected chi connectivity index (χ1v) is 7.55. The lowest BCUT2D eigenvalue weighted by atomic mass is 9.92. The minimum Gasteiger partial charge on any atom is -0.481 e. The Bertz CT molecular complexity index is 519. The average molecular weight is 289 g/mol. The van der Waals surface area contributed by atoms with E-state index in [4.69, 9.17) is 5.11 Å². The molecule has 0 aliphatic carbocycles. The molecule has 1 atom stereocenters. The smallest absolute Gasteiger partial charge is 0.306 e. The Kier molecular flexibility index (Phi) is 4.99. The number of benzene rings is 1. The van der Waals surface area contributed by atoms with E-state index in [0.717, 1.165) is 0 Å². The van der Waals surface area contributed by atoms with E-state index in [1.807, 2.05) is 17.0 Å². The molecule has 4 heteroatoms. The largest absolute Gasteiger partial charge is 0.481 e. The van der Waals surface area contributed by atoms with Gasteiger partial charge >= 0.3 is 5.97 Å². The van der Waals surface area contributed by atoms with Crippen molar-refractivity contribution in [1.29, 1.82) is 0 Å². The zero-order chi connectivity index (χ0) is 15.4. The number of carboxylic acids is 1. The summed E-state index contributed by atoms with van der Waals surface area (Å²) in [5.41, 5.74) is 2.42. The number of nitrogens with zero attached hydrogens (tertiary/aromatic N) is 1. The van der Waals surface area contributed by atoms with E-state index in [1.165, 1.54) is 11.1 Å². The molecule has 1 fully saturated rings. The molecule has 0 aromatic heterocycles. The maximum Gasteiger partial charge on any atom is 0.306 e. The zero-order valence-electron chi connectivity index (χ0n) is 12.7. The van der Waals surface area contributed by atoms with E-state index in [-0.39, 0.29) is 17.7 Å². The molecule has 2 rings (SSSR count). The highest BCUT2D eigenvalue weighted by atomic mass is 16.4. The molecular formula is C17H23NO3. The van der Waals surface area contributed by atoms with Crippen LogP contribution in [0.15, 0.2) is 24.3 Å². The van der Waals surface area contributed by atoms with Gasteiger partial charge in [-0.25, -0.2) is 0 Å². The number of likely N-dealkylation sites (tertiary alicyclic amines) is 1. The van der Waals surface area contributed by atoms with Gasteiger partial charge in [-0.3, -0.25) is 9.59 Å². The second kappa shape index (κ2) is 6.74. The van der Waals surface area contributed by atoms with Crippen molar-refractivity contribution in [2.75, 3.05) is 13.1 Å². The van der Waals surface area contributed by atoms with Crippen LogP contribution in [0.3, 0.4) is 0 Å². The second-order valence-electron chi connectivity index (χ2n) is 5.96. The molecule has 0 spiro atoms. The Hall–Kier alpha value is -1.84. The number of piperidine rings is 1. The van der Waals surface area contributed by atoms with Gasteiger partial charge in [0.15, 0.2) is 0 Å². The van der Waals surface area contributed by atoms with E-state index in [2.05, 4.69) is 26.0 Å². The number of carboxylic acid groups (broad SMARTS) is 1. The molecule has 1 N–H and O–H groups in total. The summed E-state index contributed by atoms with van der Waals surface area (Å²) in [5.74, 6) is -0.705. The summed E-state index contributed by atoms with van der Waals surface area (Å²) in [6, 6.07) is 8.14. The lowest BCUT2D eigenvalue weighted by Crippen LogP contribution is -2.40. The van der Waals surface area contributed by atoms with Crippen molar-refractivity contribution < 1.29 is 14.7 Å². The Morgan fingerprint density at radius 2 is 1.90 bits per heavy atom. The lowest BCUT2D eigenvalue weighted by Gasteiger charge is -2.31. The Morgan fingerprint density at radius 3 is 2.48 bits per heavy atom. The fraction of sp³-hybridized carbons (Fsp3) is 0.529. The van der Waals surface area contributed by atoms with Crippen LogP contribution in [-0.2, 0) is 9.59 Å². The normalized spacial score (nSPS) is 17.5. The molecule has 1 aliphatic heterocycles. The summed E-state index contributed by atoms with van der Waals surface area (Å²) in [7, 11) is 0. The van der Waals surface area contributed by atoms with E-state index >= 15 is 0 Å². The molecule has 1 unspecified atom stereocenters. The maximum absolute atomic E-state index is 12.3.